The maximum Gasteiger partial charge on any atom is 0.0839 e. The third kappa shape index (κ3) is 2.81. The van der Waals surface area contributed by atoms with Crippen LogP contribution in [0, 0.1) is 11.8 Å². The number of hydrogen-bond donors (Lipinski definition) is 0. The van der Waals surface area contributed by atoms with Crippen molar-refractivity contribution in [3.63, 3.8) is 0 Å². The molecule has 1 rings (SSSR count). The Hall–Kier alpha value is -0.580. The Bertz CT molecular complexity index is 292. The summed E-state index contributed by atoms with van der Waals surface area (Å²) in [4.78, 5) is 1.26. The van der Waals surface area contributed by atoms with Gasteiger partial charge in [0.05, 0.1) is 5.88 Å². The molecule has 0 nitrogen and oxygen atoms in total. The number of hydrogen-bond acceptors (Lipinski definition) is 1. The van der Waals surface area contributed by atoms with Crippen molar-refractivity contribution in [3.05, 3.63) is 29.8 Å². The molecule has 0 heterocycles. The molecular formula is C10H9ClS. The van der Waals surface area contributed by atoms with Crippen LogP contribution in [0.3, 0.4) is 0 Å². The number of benzene rings is 1. The molecular weight excluding hydrogens is 188 g/mol. The third-order valence-corrected chi connectivity index (χ3v) is 2.27. The summed E-state index contributed by atoms with van der Waals surface area (Å²) < 4.78 is 0. The van der Waals surface area contributed by atoms with Gasteiger partial charge in [0, 0.05) is 10.5 Å². The van der Waals surface area contributed by atoms with Crippen LogP contribution in [0.4, 0.5) is 0 Å². The Kier molecular flexibility index (Phi) is 4.07. The SMILES string of the molecule is CSc1ccc(C#CCCl)cc1. The van der Waals surface area contributed by atoms with Gasteiger partial charge in [0.2, 0.25) is 0 Å². The van der Waals surface area contributed by atoms with Gasteiger partial charge in [-0.3, -0.25) is 0 Å². The minimum Gasteiger partial charge on any atom is -0.130 e. The second-order valence-electron chi connectivity index (χ2n) is 2.16. The fourth-order valence-electron chi connectivity index (χ4n) is 0.810. The van der Waals surface area contributed by atoms with E-state index < -0.39 is 0 Å². The molecule has 0 bridgehead atoms. The number of thioether (sulfide) groups is 1. The summed E-state index contributed by atoms with van der Waals surface area (Å²) in [6, 6.07) is 8.13. The predicted molar refractivity (Wildman–Crippen MR) is 55.8 cm³/mol. The van der Waals surface area contributed by atoms with Gasteiger partial charge in [-0.2, -0.15) is 0 Å². The first kappa shape index (κ1) is 9.51. The molecule has 0 atom stereocenters. The standard InChI is InChI=1S/C10H9ClS/c1-12-10-6-4-9(5-7-10)3-2-8-11/h4-7H,8H2,1H3. The van der Waals surface area contributed by atoms with Crippen molar-refractivity contribution in [1.82, 2.24) is 0 Å². The largest absolute Gasteiger partial charge is 0.130 e. The molecule has 0 aliphatic heterocycles. The molecule has 0 aliphatic rings. The summed E-state index contributed by atoms with van der Waals surface area (Å²) in [5, 5.41) is 0. The molecule has 0 aliphatic carbocycles. The van der Waals surface area contributed by atoms with Gasteiger partial charge in [-0.15, -0.1) is 23.4 Å². The average Bonchev–Trinajstić information content (AvgIpc) is 2.15. The zero-order chi connectivity index (χ0) is 8.81. The van der Waals surface area contributed by atoms with E-state index in [0.717, 1.165) is 5.56 Å². The Balaban J connectivity index is 2.78. The topological polar surface area (TPSA) is 0 Å². The molecule has 0 amide bonds. The van der Waals surface area contributed by atoms with Crippen LogP contribution in [0.2, 0.25) is 0 Å². The van der Waals surface area contributed by atoms with Crippen molar-refractivity contribution in [3.8, 4) is 11.8 Å². The predicted octanol–water partition coefficient (Wildman–Crippen LogP) is 3.00. The van der Waals surface area contributed by atoms with Crippen LogP contribution in [0.1, 0.15) is 5.56 Å². The van der Waals surface area contributed by atoms with E-state index in [1.54, 1.807) is 11.8 Å². The molecule has 0 saturated carbocycles. The highest BCUT2D eigenvalue weighted by atomic mass is 35.5. The summed E-state index contributed by atoms with van der Waals surface area (Å²) in [6.45, 7) is 0. The van der Waals surface area contributed by atoms with Gasteiger partial charge in [-0.1, -0.05) is 11.8 Å². The van der Waals surface area contributed by atoms with E-state index in [-0.39, 0.29) is 0 Å². The Morgan fingerprint density at radius 2 is 2.00 bits per heavy atom. The van der Waals surface area contributed by atoms with Gasteiger partial charge in [0.1, 0.15) is 0 Å². The normalized spacial score (nSPS) is 8.83. The van der Waals surface area contributed by atoms with E-state index in [1.165, 1.54) is 4.90 Å². The molecule has 2 heteroatoms. The monoisotopic (exact) mass is 196 g/mol. The van der Waals surface area contributed by atoms with E-state index in [9.17, 15) is 0 Å². The number of rotatable bonds is 1. The second kappa shape index (κ2) is 5.13. The molecule has 0 N–H and O–H groups in total. The lowest BCUT2D eigenvalue weighted by Gasteiger charge is -1.94. The Morgan fingerprint density at radius 3 is 2.50 bits per heavy atom. The third-order valence-electron chi connectivity index (χ3n) is 1.39. The lowest BCUT2D eigenvalue weighted by molar-refractivity contribution is 1.45. The van der Waals surface area contributed by atoms with Gasteiger partial charge >= 0.3 is 0 Å². The number of halogens is 1. The molecule has 0 radical (unpaired) electrons. The first-order valence-corrected chi connectivity index (χ1v) is 5.31. The average molecular weight is 197 g/mol. The lowest BCUT2D eigenvalue weighted by atomic mass is 10.2. The maximum atomic E-state index is 5.43. The fraction of sp³-hybridized carbons (Fsp3) is 0.200. The summed E-state index contributed by atoms with van der Waals surface area (Å²) in [6.07, 6.45) is 2.06. The van der Waals surface area contributed by atoms with Crippen LogP contribution in [-0.2, 0) is 0 Å². The van der Waals surface area contributed by atoms with Gasteiger partial charge < -0.3 is 0 Å². The second-order valence-corrected chi connectivity index (χ2v) is 3.31. The van der Waals surface area contributed by atoms with Crippen molar-refractivity contribution >= 4 is 23.4 Å². The van der Waals surface area contributed by atoms with E-state index in [2.05, 4.69) is 30.2 Å². The lowest BCUT2D eigenvalue weighted by Crippen LogP contribution is -1.74. The van der Waals surface area contributed by atoms with Crippen molar-refractivity contribution in [2.24, 2.45) is 0 Å². The summed E-state index contributed by atoms with van der Waals surface area (Å²) in [5.74, 6) is 6.16. The molecule has 0 saturated heterocycles. The van der Waals surface area contributed by atoms with Crippen LogP contribution < -0.4 is 0 Å². The first-order chi connectivity index (χ1) is 5.86. The van der Waals surface area contributed by atoms with E-state index in [1.807, 2.05) is 12.1 Å². The van der Waals surface area contributed by atoms with Crippen LogP contribution >= 0.6 is 23.4 Å². The molecule has 0 spiro atoms. The van der Waals surface area contributed by atoms with Crippen molar-refractivity contribution in [2.75, 3.05) is 12.1 Å². The van der Waals surface area contributed by atoms with E-state index >= 15 is 0 Å². The first-order valence-electron chi connectivity index (χ1n) is 3.55. The minimum absolute atomic E-state index is 0.393. The summed E-state index contributed by atoms with van der Waals surface area (Å²) in [5.41, 5.74) is 1.02. The van der Waals surface area contributed by atoms with Gasteiger partial charge in [-0.25, -0.2) is 0 Å². The molecule has 1 aromatic carbocycles. The highest BCUT2D eigenvalue weighted by Gasteiger charge is 1.88. The zero-order valence-corrected chi connectivity index (χ0v) is 8.38. The molecule has 0 fully saturated rings. The number of alkyl halides is 1. The molecule has 1 aromatic rings. The molecule has 62 valence electrons. The fourth-order valence-corrected chi connectivity index (χ4v) is 1.28. The van der Waals surface area contributed by atoms with E-state index in [0.29, 0.717) is 5.88 Å². The Morgan fingerprint density at radius 1 is 1.33 bits per heavy atom. The quantitative estimate of drug-likeness (QED) is 0.378. The highest BCUT2D eigenvalue weighted by molar-refractivity contribution is 7.98. The van der Waals surface area contributed by atoms with Crippen LogP contribution in [0.5, 0.6) is 0 Å². The van der Waals surface area contributed by atoms with Gasteiger partial charge in [0.25, 0.3) is 0 Å². The molecule has 0 unspecified atom stereocenters. The smallest absolute Gasteiger partial charge is 0.0839 e. The van der Waals surface area contributed by atoms with E-state index in [4.69, 9.17) is 11.6 Å². The van der Waals surface area contributed by atoms with Crippen molar-refractivity contribution in [2.45, 2.75) is 4.90 Å². The van der Waals surface area contributed by atoms with Crippen LogP contribution in [-0.4, -0.2) is 12.1 Å². The maximum absolute atomic E-state index is 5.43. The zero-order valence-electron chi connectivity index (χ0n) is 6.80. The molecule has 12 heavy (non-hydrogen) atoms. The minimum atomic E-state index is 0.393. The van der Waals surface area contributed by atoms with Crippen LogP contribution in [0.15, 0.2) is 29.2 Å². The van der Waals surface area contributed by atoms with Gasteiger partial charge in [-0.05, 0) is 30.5 Å². The van der Waals surface area contributed by atoms with Gasteiger partial charge in [0.15, 0.2) is 0 Å². The molecule has 0 aromatic heterocycles. The van der Waals surface area contributed by atoms with Crippen molar-refractivity contribution in [1.29, 1.82) is 0 Å². The highest BCUT2D eigenvalue weighted by Crippen LogP contribution is 2.14. The Labute approximate surface area is 82.3 Å². The summed E-state index contributed by atoms with van der Waals surface area (Å²) >= 11 is 7.16. The van der Waals surface area contributed by atoms with Crippen LogP contribution in [0.25, 0.3) is 0 Å². The summed E-state index contributed by atoms with van der Waals surface area (Å²) in [7, 11) is 0. The van der Waals surface area contributed by atoms with Crippen molar-refractivity contribution < 1.29 is 0 Å².